The van der Waals surface area contributed by atoms with E-state index in [1.807, 2.05) is 32.3 Å². The fourth-order valence-electron chi connectivity index (χ4n) is 3.11. The Morgan fingerprint density at radius 2 is 1.85 bits per heavy atom. The van der Waals surface area contributed by atoms with Gasteiger partial charge in [-0.1, -0.05) is 12.1 Å². The van der Waals surface area contributed by atoms with E-state index in [4.69, 9.17) is 0 Å². The van der Waals surface area contributed by atoms with Crippen molar-refractivity contribution in [3.05, 3.63) is 54.4 Å². The van der Waals surface area contributed by atoms with E-state index in [1.54, 1.807) is 10.9 Å². The quantitative estimate of drug-likeness (QED) is 0.791. The minimum atomic E-state index is -0.0604. The fraction of sp³-hybridized carbons (Fsp3) is 0.250. The molecule has 0 radical (unpaired) electrons. The summed E-state index contributed by atoms with van der Waals surface area (Å²) in [6.45, 7) is 1.44. The molecule has 132 valence electrons. The van der Waals surface area contributed by atoms with Gasteiger partial charge in [0.1, 0.15) is 5.69 Å². The van der Waals surface area contributed by atoms with Gasteiger partial charge in [0.2, 0.25) is 0 Å². The molecule has 1 aliphatic heterocycles. The van der Waals surface area contributed by atoms with Crippen LogP contribution in [0.15, 0.2) is 48.7 Å². The lowest BCUT2D eigenvalue weighted by molar-refractivity contribution is 0.0950. The van der Waals surface area contributed by atoms with E-state index in [-0.39, 0.29) is 5.91 Å². The predicted octanol–water partition coefficient (Wildman–Crippen LogP) is 2.81. The van der Waals surface area contributed by atoms with Gasteiger partial charge < -0.3 is 10.2 Å². The minimum absolute atomic E-state index is 0.0604. The second kappa shape index (κ2) is 6.63. The van der Waals surface area contributed by atoms with Crippen molar-refractivity contribution in [2.75, 3.05) is 25.5 Å². The third-order valence-corrected chi connectivity index (χ3v) is 4.58. The van der Waals surface area contributed by atoms with Crippen LogP contribution >= 0.6 is 0 Å². The highest BCUT2D eigenvalue weighted by molar-refractivity contribution is 5.94. The largest absolute Gasteiger partial charge is 0.378 e. The first-order valence-electron chi connectivity index (χ1n) is 8.72. The Bertz CT molecular complexity index is 943. The first-order chi connectivity index (χ1) is 12.6. The summed E-state index contributed by atoms with van der Waals surface area (Å²) < 4.78 is 1.80. The summed E-state index contributed by atoms with van der Waals surface area (Å²) in [4.78, 5) is 18.7. The van der Waals surface area contributed by atoms with Crippen molar-refractivity contribution in [2.24, 2.45) is 0 Å². The number of benzene rings is 1. The number of nitrogens with zero attached hydrogens (tertiary/aromatic N) is 4. The third-order valence-electron chi connectivity index (χ3n) is 4.58. The Labute approximate surface area is 152 Å². The summed E-state index contributed by atoms with van der Waals surface area (Å²) in [6.07, 6.45) is 2.68. The molecule has 26 heavy (non-hydrogen) atoms. The number of carbonyl (C=O) groups excluding carboxylic acids is 1. The molecule has 0 fully saturated rings. The summed E-state index contributed by atoms with van der Waals surface area (Å²) in [5.41, 5.74) is 5.46. The first kappa shape index (κ1) is 16.3. The van der Waals surface area contributed by atoms with Crippen LogP contribution in [0.3, 0.4) is 0 Å². The number of nitrogens with one attached hydrogen (secondary N) is 1. The highest BCUT2D eigenvalue weighted by atomic mass is 16.2. The van der Waals surface area contributed by atoms with Gasteiger partial charge in [0, 0.05) is 50.2 Å². The lowest BCUT2D eigenvalue weighted by atomic mass is 10.1. The summed E-state index contributed by atoms with van der Waals surface area (Å²) in [5.74, 6) is -0.0604. The maximum absolute atomic E-state index is 12.1. The normalized spacial score (nSPS) is 13.7. The molecule has 0 unspecified atom stereocenters. The number of aryl methyl sites for hydroxylation is 1. The molecule has 1 aromatic carbocycles. The van der Waals surface area contributed by atoms with Crippen molar-refractivity contribution in [3.8, 4) is 22.5 Å². The van der Waals surface area contributed by atoms with Crippen molar-refractivity contribution in [1.82, 2.24) is 20.1 Å². The highest BCUT2D eigenvalue weighted by Gasteiger charge is 2.18. The van der Waals surface area contributed by atoms with Crippen LogP contribution in [0.5, 0.6) is 0 Å². The fourth-order valence-corrected chi connectivity index (χ4v) is 3.11. The van der Waals surface area contributed by atoms with Crippen LogP contribution < -0.4 is 10.2 Å². The lowest BCUT2D eigenvalue weighted by Crippen LogP contribution is -2.22. The summed E-state index contributed by atoms with van der Waals surface area (Å²) >= 11 is 0. The molecule has 6 nitrogen and oxygen atoms in total. The number of amides is 1. The Balaban J connectivity index is 1.68. The number of hydrogen-bond acceptors (Lipinski definition) is 4. The predicted molar refractivity (Wildman–Crippen MR) is 102 cm³/mol. The number of anilines is 1. The van der Waals surface area contributed by atoms with Crippen LogP contribution in [0, 0.1) is 0 Å². The summed E-state index contributed by atoms with van der Waals surface area (Å²) in [5, 5.41) is 7.53. The van der Waals surface area contributed by atoms with Gasteiger partial charge in [-0.05, 0) is 36.8 Å². The van der Waals surface area contributed by atoms with Gasteiger partial charge in [0.05, 0.1) is 11.4 Å². The zero-order chi connectivity index (χ0) is 18.1. The van der Waals surface area contributed by atoms with Crippen LogP contribution in [-0.2, 0) is 6.54 Å². The van der Waals surface area contributed by atoms with Crippen LogP contribution in [0.2, 0.25) is 0 Å². The molecule has 3 aromatic rings. The van der Waals surface area contributed by atoms with Gasteiger partial charge in [-0.15, -0.1) is 0 Å². The van der Waals surface area contributed by atoms with E-state index < -0.39 is 0 Å². The number of pyridine rings is 1. The first-order valence-corrected chi connectivity index (χ1v) is 8.72. The molecule has 0 bridgehead atoms. The molecule has 6 heteroatoms. The molecule has 0 atom stereocenters. The van der Waals surface area contributed by atoms with Gasteiger partial charge in [0.15, 0.2) is 0 Å². The van der Waals surface area contributed by atoms with Crippen molar-refractivity contribution in [2.45, 2.75) is 13.0 Å². The van der Waals surface area contributed by atoms with Crippen molar-refractivity contribution in [3.63, 3.8) is 0 Å². The van der Waals surface area contributed by atoms with Gasteiger partial charge >= 0.3 is 0 Å². The van der Waals surface area contributed by atoms with E-state index in [2.05, 4.69) is 44.6 Å². The maximum Gasteiger partial charge on any atom is 0.269 e. The molecule has 1 aliphatic rings. The SMILES string of the molecule is CN(C)c1ccc(-c2cc(-c3cc4n(n3)CCCNC4=O)ccn2)cc1. The number of carbonyl (C=O) groups is 1. The van der Waals surface area contributed by atoms with E-state index in [1.165, 1.54) is 0 Å². The van der Waals surface area contributed by atoms with E-state index in [0.717, 1.165) is 41.2 Å². The van der Waals surface area contributed by atoms with Crippen LogP contribution in [-0.4, -0.2) is 41.3 Å². The van der Waals surface area contributed by atoms with Crippen LogP contribution in [0.1, 0.15) is 16.9 Å². The number of rotatable bonds is 3. The second-order valence-electron chi connectivity index (χ2n) is 6.62. The molecular weight excluding hydrogens is 326 g/mol. The summed E-state index contributed by atoms with van der Waals surface area (Å²) in [6, 6.07) is 14.1. The van der Waals surface area contributed by atoms with Crippen molar-refractivity contribution in [1.29, 1.82) is 0 Å². The number of fused-ring (bicyclic) bond motifs is 1. The topological polar surface area (TPSA) is 63.1 Å². The highest BCUT2D eigenvalue weighted by Crippen LogP contribution is 2.26. The third kappa shape index (κ3) is 3.06. The average Bonchev–Trinajstić information content (AvgIpc) is 3.02. The molecule has 3 heterocycles. The molecule has 0 aliphatic carbocycles. The van der Waals surface area contributed by atoms with Gasteiger partial charge in [-0.3, -0.25) is 14.5 Å². The van der Waals surface area contributed by atoms with Gasteiger partial charge in [-0.2, -0.15) is 5.10 Å². The van der Waals surface area contributed by atoms with Crippen molar-refractivity contribution >= 4 is 11.6 Å². The van der Waals surface area contributed by atoms with Gasteiger partial charge in [-0.25, -0.2) is 0 Å². The Kier molecular flexibility index (Phi) is 4.16. The standard InChI is InChI=1S/C20H21N5O/c1-24(2)16-6-4-14(5-7-16)17-12-15(8-10-21-17)18-13-19-20(26)22-9-3-11-25(19)23-18/h4-8,10,12-13H,3,9,11H2,1-2H3,(H,22,26). The summed E-state index contributed by atoms with van der Waals surface area (Å²) in [7, 11) is 4.04. The monoisotopic (exact) mass is 347 g/mol. The molecule has 1 amide bonds. The molecule has 1 N–H and O–H groups in total. The van der Waals surface area contributed by atoms with Crippen molar-refractivity contribution < 1.29 is 4.79 Å². The molecule has 2 aromatic heterocycles. The Morgan fingerprint density at radius 3 is 2.62 bits per heavy atom. The van der Waals surface area contributed by atoms with Crippen LogP contribution in [0.25, 0.3) is 22.5 Å². The van der Waals surface area contributed by atoms with Crippen LogP contribution in [0.4, 0.5) is 5.69 Å². The zero-order valence-electron chi connectivity index (χ0n) is 14.9. The maximum atomic E-state index is 12.1. The molecule has 4 rings (SSSR count). The zero-order valence-corrected chi connectivity index (χ0v) is 14.9. The van der Waals surface area contributed by atoms with E-state index in [9.17, 15) is 4.79 Å². The molecule has 0 saturated heterocycles. The smallest absolute Gasteiger partial charge is 0.269 e. The van der Waals surface area contributed by atoms with E-state index >= 15 is 0 Å². The van der Waals surface area contributed by atoms with E-state index in [0.29, 0.717) is 12.2 Å². The lowest BCUT2D eigenvalue weighted by Gasteiger charge is -2.12. The molecule has 0 spiro atoms. The Hall–Kier alpha value is -3.15. The number of aromatic nitrogens is 3. The average molecular weight is 347 g/mol. The number of hydrogen-bond donors (Lipinski definition) is 1. The second-order valence-corrected chi connectivity index (χ2v) is 6.62. The Morgan fingerprint density at radius 1 is 1.04 bits per heavy atom. The van der Waals surface area contributed by atoms with Gasteiger partial charge in [0.25, 0.3) is 5.91 Å². The minimum Gasteiger partial charge on any atom is -0.378 e. The molecule has 0 saturated carbocycles. The molecular formula is C20H21N5O.